The highest BCUT2D eigenvalue weighted by Crippen LogP contribution is 2.65. The van der Waals surface area contributed by atoms with Crippen LogP contribution < -0.4 is 15.0 Å². The molecule has 234 valence electrons. The molecule has 7 nitrogen and oxygen atoms in total. The van der Waals surface area contributed by atoms with Gasteiger partial charge in [-0.15, -0.1) is 0 Å². The van der Waals surface area contributed by atoms with Crippen molar-refractivity contribution in [2.75, 3.05) is 18.6 Å². The van der Waals surface area contributed by atoms with E-state index in [1.807, 2.05) is 30.3 Å². The van der Waals surface area contributed by atoms with Gasteiger partial charge in [-0.2, -0.15) is 13.2 Å². The molecule has 10 heteroatoms. The van der Waals surface area contributed by atoms with Crippen LogP contribution in [-0.4, -0.2) is 48.4 Å². The van der Waals surface area contributed by atoms with Gasteiger partial charge in [0.2, 0.25) is 5.78 Å². The summed E-state index contributed by atoms with van der Waals surface area (Å²) in [5, 5.41) is 2.73. The van der Waals surface area contributed by atoms with Gasteiger partial charge in [0.25, 0.3) is 11.8 Å². The van der Waals surface area contributed by atoms with Gasteiger partial charge in [0.1, 0.15) is 17.3 Å². The topological polar surface area (TPSA) is 79.0 Å². The molecule has 3 aliphatic rings. The minimum absolute atomic E-state index is 0.00116. The highest BCUT2D eigenvalue weighted by Gasteiger charge is 2.81. The van der Waals surface area contributed by atoms with Gasteiger partial charge in [-0.3, -0.25) is 19.7 Å². The Morgan fingerprint density at radius 1 is 0.804 bits per heavy atom. The van der Waals surface area contributed by atoms with E-state index in [4.69, 9.17) is 4.74 Å². The number of anilines is 1. The Morgan fingerprint density at radius 2 is 1.39 bits per heavy atom. The van der Waals surface area contributed by atoms with Crippen molar-refractivity contribution in [2.45, 2.75) is 36.8 Å². The summed E-state index contributed by atoms with van der Waals surface area (Å²) in [4.78, 5) is 46.4. The number of hydrogen-bond donors (Lipinski definition) is 1. The first-order valence-electron chi connectivity index (χ1n) is 14.9. The van der Waals surface area contributed by atoms with Gasteiger partial charge in [-0.1, -0.05) is 91.0 Å². The summed E-state index contributed by atoms with van der Waals surface area (Å²) in [7, 11) is 1.44. The average molecular weight is 626 g/mol. The monoisotopic (exact) mass is 625 g/mol. The van der Waals surface area contributed by atoms with Crippen molar-refractivity contribution in [1.82, 2.24) is 10.2 Å². The Balaban J connectivity index is 1.47. The van der Waals surface area contributed by atoms with E-state index >= 15 is 18.0 Å². The minimum atomic E-state index is -4.89. The summed E-state index contributed by atoms with van der Waals surface area (Å²) in [5.41, 5.74) is -2.08. The third-order valence-corrected chi connectivity index (χ3v) is 9.62. The fourth-order valence-corrected chi connectivity index (χ4v) is 7.71. The summed E-state index contributed by atoms with van der Waals surface area (Å²) >= 11 is 0. The molecule has 3 heterocycles. The second kappa shape index (κ2) is 10.8. The van der Waals surface area contributed by atoms with Gasteiger partial charge >= 0.3 is 6.18 Å². The molecular weight excluding hydrogens is 595 g/mol. The fraction of sp³-hybridized carbons (Fsp3) is 0.250. The van der Waals surface area contributed by atoms with Crippen LogP contribution in [0.15, 0.2) is 109 Å². The number of nitrogens with one attached hydrogen (secondary N) is 1. The number of benzene rings is 4. The van der Waals surface area contributed by atoms with Crippen LogP contribution in [0.25, 0.3) is 0 Å². The lowest BCUT2D eigenvalue weighted by atomic mass is 9.59. The zero-order chi connectivity index (χ0) is 32.3. The molecule has 2 spiro atoms. The normalized spacial score (nSPS) is 25.6. The molecule has 1 N–H and O–H groups in total. The van der Waals surface area contributed by atoms with Crippen LogP contribution in [0.5, 0.6) is 5.75 Å². The Hall–Kier alpha value is -4.96. The number of methoxy groups -OCH3 is 1. The predicted octanol–water partition coefficient (Wildman–Crippen LogP) is 5.35. The number of para-hydroxylation sites is 1. The lowest BCUT2D eigenvalue weighted by Gasteiger charge is -2.40. The molecule has 0 aliphatic carbocycles. The molecule has 4 aromatic rings. The highest BCUT2D eigenvalue weighted by atomic mass is 19.4. The maximum atomic E-state index is 15.3. The molecule has 0 aromatic heterocycles. The number of likely N-dealkylation sites (tertiary alicyclic amines) is 1. The molecule has 0 bridgehead atoms. The molecule has 0 saturated carbocycles. The van der Waals surface area contributed by atoms with E-state index in [9.17, 15) is 9.59 Å². The number of rotatable bonds is 6. The number of hydrogen-bond acceptors (Lipinski definition) is 5. The smallest absolute Gasteiger partial charge is 0.404 e. The lowest BCUT2D eigenvalue weighted by Crippen LogP contribution is -2.60. The summed E-state index contributed by atoms with van der Waals surface area (Å²) in [6.45, 7) is -0.329. The number of Topliss-reactive ketones (excluding diaryl/α,β-unsaturated/α-hetero) is 1. The van der Waals surface area contributed by atoms with E-state index in [1.165, 1.54) is 41.2 Å². The molecule has 2 amide bonds. The van der Waals surface area contributed by atoms with E-state index in [2.05, 4.69) is 5.32 Å². The van der Waals surface area contributed by atoms with Gasteiger partial charge in [0.05, 0.1) is 19.1 Å². The Kier molecular flexibility index (Phi) is 7.01. The van der Waals surface area contributed by atoms with Gasteiger partial charge in [-0.05, 0) is 34.9 Å². The molecule has 46 heavy (non-hydrogen) atoms. The molecular formula is C36H30F3N3O4. The van der Waals surface area contributed by atoms with Crippen LogP contribution in [0.1, 0.15) is 28.2 Å². The molecule has 0 radical (unpaired) electrons. The van der Waals surface area contributed by atoms with Crippen molar-refractivity contribution in [3.63, 3.8) is 0 Å². The third-order valence-electron chi connectivity index (χ3n) is 9.62. The minimum Gasteiger partial charge on any atom is -0.497 e. The van der Waals surface area contributed by atoms with Gasteiger partial charge in [-0.25, -0.2) is 0 Å². The zero-order valence-electron chi connectivity index (χ0n) is 24.8. The van der Waals surface area contributed by atoms with Crippen LogP contribution in [0.3, 0.4) is 0 Å². The van der Waals surface area contributed by atoms with E-state index in [0.717, 1.165) is 5.56 Å². The van der Waals surface area contributed by atoms with Crippen LogP contribution in [0.2, 0.25) is 0 Å². The van der Waals surface area contributed by atoms with Gasteiger partial charge < -0.3 is 14.5 Å². The Bertz CT molecular complexity index is 1820. The van der Waals surface area contributed by atoms with Crippen LogP contribution in [-0.2, 0) is 33.0 Å². The predicted molar refractivity (Wildman–Crippen MR) is 164 cm³/mol. The number of carbonyl (C=O) groups is 3. The number of ether oxygens (including phenoxy) is 1. The van der Waals surface area contributed by atoms with Gasteiger partial charge in [0, 0.05) is 30.3 Å². The average Bonchev–Trinajstić information content (AvgIpc) is 3.61. The molecule has 2 fully saturated rings. The summed E-state index contributed by atoms with van der Waals surface area (Å²) in [6, 6.07) is 28.3. The Morgan fingerprint density at radius 3 is 2.00 bits per heavy atom. The molecule has 0 unspecified atom stereocenters. The summed E-state index contributed by atoms with van der Waals surface area (Å²) in [6.07, 6.45) is -4.89. The molecule has 2 saturated heterocycles. The first kappa shape index (κ1) is 29.7. The lowest BCUT2D eigenvalue weighted by molar-refractivity contribution is -0.159. The largest absolute Gasteiger partial charge is 0.497 e. The zero-order valence-corrected chi connectivity index (χ0v) is 24.8. The van der Waals surface area contributed by atoms with E-state index < -0.39 is 53.2 Å². The second-order valence-corrected chi connectivity index (χ2v) is 12.0. The summed E-state index contributed by atoms with van der Waals surface area (Å²) < 4.78 is 51.2. The molecule has 4 aromatic carbocycles. The standard InChI is InChI=1S/C36H30F3N3O4/c1-46-26-18-16-25(17-19-26)29-30(36(37,38)39)40-35(34(29)22-41(32(44)31(34)43)20-23-10-4-2-5-11-23)27-14-8-9-15-28(27)42(33(35)45)21-24-12-6-3-7-13-24/h2-19,29-30,40H,20-22H2,1H3/t29-,30+,34-,35-/m1/s1. The van der Waals surface area contributed by atoms with Crippen molar-refractivity contribution in [2.24, 2.45) is 5.41 Å². The highest BCUT2D eigenvalue weighted by molar-refractivity contribution is 6.42. The number of carbonyl (C=O) groups excluding carboxylic acids is 3. The van der Waals surface area contributed by atoms with Crippen molar-refractivity contribution in [1.29, 1.82) is 0 Å². The molecule has 4 atom stereocenters. The SMILES string of the molecule is COc1ccc([C@@H]2[C@@H](C(F)(F)F)N[C@]3(C(=O)N(Cc4ccccc4)c4ccccc43)[C@]23CN(Cc2ccccc2)C(=O)C3=O)cc1. The first-order valence-corrected chi connectivity index (χ1v) is 14.9. The van der Waals surface area contributed by atoms with Crippen LogP contribution in [0.4, 0.5) is 18.9 Å². The number of halogens is 3. The van der Waals surface area contributed by atoms with E-state index in [0.29, 0.717) is 17.0 Å². The van der Waals surface area contributed by atoms with Crippen LogP contribution in [0, 0.1) is 5.41 Å². The number of fused-ring (bicyclic) bond motifs is 3. The maximum Gasteiger partial charge on any atom is 0.404 e. The Labute approximate surface area is 263 Å². The second-order valence-electron chi connectivity index (χ2n) is 12.0. The first-order chi connectivity index (χ1) is 22.1. The third kappa shape index (κ3) is 4.27. The van der Waals surface area contributed by atoms with Crippen molar-refractivity contribution in [3.05, 3.63) is 131 Å². The maximum absolute atomic E-state index is 15.3. The number of amides is 2. The van der Waals surface area contributed by atoms with Gasteiger partial charge in [0.15, 0.2) is 0 Å². The number of nitrogens with zero attached hydrogens (tertiary/aromatic N) is 2. The molecule has 3 aliphatic heterocycles. The fourth-order valence-electron chi connectivity index (χ4n) is 7.71. The summed E-state index contributed by atoms with van der Waals surface area (Å²) in [5.74, 6) is -3.85. The van der Waals surface area contributed by atoms with Crippen LogP contribution >= 0.6 is 0 Å². The number of ketones is 1. The van der Waals surface area contributed by atoms with Crippen molar-refractivity contribution < 1.29 is 32.3 Å². The molecule has 7 rings (SSSR count). The van der Waals surface area contributed by atoms with E-state index in [1.54, 1.807) is 54.6 Å². The number of alkyl halides is 3. The van der Waals surface area contributed by atoms with Crippen molar-refractivity contribution >= 4 is 23.3 Å². The van der Waals surface area contributed by atoms with E-state index in [-0.39, 0.29) is 24.2 Å². The van der Waals surface area contributed by atoms with Crippen molar-refractivity contribution in [3.8, 4) is 5.75 Å². The quantitative estimate of drug-likeness (QED) is 0.293.